The van der Waals surface area contributed by atoms with Crippen LogP contribution in [-0.4, -0.2) is 19.7 Å². The first-order chi connectivity index (χ1) is 10.3. The van der Waals surface area contributed by atoms with E-state index in [0.29, 0.717) is 12.2 Å². The number of aromatic nitrogens is 4. The van der Waals surface area contributed by atoms with Crippen LogP contribution in [0.3, 0.4) is 0 Å². The van der Waals surface area contributed by atoms with Crippen LogP contribution in [0.4, 0.5) is 10.2 Å². The van der Waals surface area contributed by atoms with Gasteiger partial charge in [-0.3, -0.25) is 0 Å². The summed E-state index contributed by atoms with van der Waals surface area (Å²) in [6.07, 6.45) is 4.97. The summed E-state index contributed by atoms with van der Waals surface area (Å²) in [5, 5.41) is 11.4. The van der Waals surface area contributed by atoms with Gasteiger partial charge in [-0.25, -0.2) is 9.37 Å². The molecule has 3 heterocycles. The molecule has 1 aliphatic rings. The molecule has 2 aromatic rings. The van der Waals surface area contributed by atoms with Crippen molar-refractivity contribution in [3.63, 3.8) is 0 Å². The molecule has 0 saturated carbocycles. The van der Waals surface area contributed by atoms with Crippen molar-refractivity contribution in [1.29, 1.82) is 0 Å². The molecule has 0 fully saturated rings. The highest BCUT2D eigenvalue weighted by atomic mass is 19.1. The lowest BCUT2D eigenvalue weighted by Crippen LogP contribution is -2.11. The highest BCUT2D eigenvalue weighted by molar-refractivity contribution is 5.54. The number of nitrogens with zero attached hydrogens (tertiary/aromatic N) is 4. The van der Waals surface area contributed by atoms with Crippen molar-refractivity contribution in [2.24, 2.45) is 0 Å². The zero-order valence-corrected chi connectivity index (χ0v) is 12.0. The van der Waals surface area contributed by atoms with Gasteiger partial charge in [-0.05, 0) is 31.4 Å². The minimum Gasteiger partial charge on any atom is -0.344 e. The van der Waals surface area contributed by atoms with Crippen LogP contribution in [0.5, 0.6) is 0 Å². The lowest BCUT2D eigenvalue weighted by Gasteiger charge is -2.14. The number of hydrogen-bond acceptors (Lipinski definition) is 4. The summed E-state index contributed by atoms with van der Waals surface area (Å²) in [6.45, 7) is 2.70. The van der Waals surface area contributed by atoms with Gasteiger partial charge in [0, 0.05) is 19.2 Å². The van der Waals surface area contributed by atoms with E-state index in [-0.39, 0.29) is 5.83 Å². The first-order valence-electron chi connectivity index (χ1n) is 7.28. The molecule has 0 saturated heterocycles. The van der Waals surface area contributed by atoms with Crippen LogP contribution in [0, 0.1) is 0 Å². The molecule has 0 aliphatic carbocycles. The Labute approximate surface area is 122 Å². The molecule has 0 bridgehead atoms. The zero-order valence-electron chi connectivity index (χ0n) is 12.0. The quantitative estimate of drug-likeness (QED) is 0.937. The van der Waals surface area contributed by atoms with E-state index in [1.807, 2.05) is 12.1 Å². The summed E-state index contributed by atoms with van der Waals surface area (Å²) in [4.78, 5) is 4.48. The third-order valence-electron chi connectivity index (χ3n) is 3.55. The summed E-state index contributed by atoms with van der Waals surface area (Å²) in [6, 6.07) is 5.58. The molecule has 5 nitrogen and oxygen atoms in total. The molecule has 1 N–H and O–H groups in total. The van der Waals surface area contributed by atoms with E-state index in [9.17, 15) is 4.39 Å². The molecule has 3 rings (SSSR count). The number of nitrogens with one attached hydrogen (secondary N) is 1. The Morgan fingerprint density at radius 3 is 3.14 bits per heavy atom. The van der Waals surface area contributed by atoms with E-state index >= 15 is 0 Å². The molecule has 0 unspecified atom stereocenters. The summed E-state index contributed by atoms with van der Waals surface area (Å²) in [5.74, 6) is 2.20. The minimum atomic E-state index is -0.206. The van der Waals surface area contributed by atoms with Crippen LogP contribution < -0.4 is 5.32 Å². The highest BCUT2D eigenvalue weighted by Gasteiger charge is 2.17. The monoisotopic (exact) mass is 287 g/mol. The van der Waals surface area contributed by atoms with Gasteiger partial charge in [0.1, 0.15) is 23.2 Å². The molecular formula is C15H18FN5. The number of rotatable bonds is 4. The van der Waals surface area contributed by atoms with Crippen molar-refractivity contribution in [3.05, 3.63) is 36.1 Å². The number of hydrogen-bond donors (Lipinski definition) is 1. The Morgan fingerprint density at radius 1 is 1.38 bits per heavy atom. The second-order valence-corrected chi connectivity index (χ2v) is 5.05. The summed E-state index contributed by atoms with van der Waals surface area (Å²) in [7, 11) is 0. The van der Waals surface area contributed by atoms with E-state index < -0.39 is 0 Å². The third-order valence-corrected chi connectivity index (χ3v) is 3.55. The molecule has 0 spiro atoms. The molecule has 21 heavy (non-hydrogen) atoms. The Bertz CT molecular complexity index is 662. The molecular weight excluding hydrogens is 269 g/mol. The third kappa shape index (κ3) is 2.94. The number of anilines is 1. The maximum absolute atomic E-state index is 13.2. The van der Waals surface area contributed by atoms with E-state index in [4.69, 9.17) is 0 Å². The predicted molar refractivity (Wildman–Crippen MR) is 79.3 cm³/mol. The fourth-order valence-corrected chi connectivity index (χ4v) is 2.39. The summed E-state index contributed by atoms with van der Waals surface area (Å²) >= 11 is 0. The molecule has 2 aromatic heterocycles. The Hall–Kier alpha value is -2.24. The van der Waals surface area contributed by atoms with Crippen molar-refractivity contribution < 1.29 is 4.39 Å². The van der Waals surface area contributed by atoms with Gasteiger partial charge in [-0.2, -0.15) is 0 Å². The first-order valence-corrected chi connectivity index (χ1v) is 7.28. The Kier molecular flexibility index (Phi) is 3.94. The van der Waals surface area contributed by atoms with Crippen LogP contribution in [0.2, 0.25) is 0 Å². The van der Waals surface area contributed by atoms with E-state index in [1.165, 1.54) is 6.20 Å². The largest absolute Gasteiger partial charge is 0.344 e. The lowest BCUT2D eigenvalue weighted by molar-refractivity contribution is 0.525. The van der Waals surface area contributed by atoms with E-state index in [0.717, 1.165) is 43.1 Å². The molecule has 0 aromatic carbocycles. The van der Waals surface area contributed by atoms with Crippen molar-refractivity contribution >= 4 is 5.82 Å². The number of aryl methyl sites for hydroxylation is 1. The lowest BCUT2D eigenvalue weighted by atomic mass is 10.1. The first kappa shape index (κ1) is 13.7. The Balaban J connectivity index is 1.88. The van der Waals surface area contributed by atoms with Crippen LogP contribution in [0.1, 0.15) is 32.0 Å². The van der Waals surface area contributed by atoms with Gasteiger partial charge < -0.3 is 9.88 Å². The zero-order chi connectivity index (χ0) is 14.7. The van der Waals surface area contributed by atoms with Crippen LogP contribution in [0.15, 0.2) is 30.2 Å². The fraction of sp³-hybridized carbons (Fsp3) is 0.400. The van der Waals surface area contributed by atoms with Gasteiger partial charge in [-0.15, -0.1) is 10.2 Å². The normalized spacial score (nSPS) is 14.9. The fourth-order valence-electron chi connectivity index (χ4n) is 2.39. The van der Waals surface area contributed by atoms with Gasteiger partial charge in [0.15, 0.2) is 5.82 Å². The molecule has 0 amide bonds. The molecule has 0 radical (unpaired) electrons. The molecule has 6 heteroatoms. The smallest absolute Gasteiger partial charge is 0.182 e. The number of allylic oxidation sites excluding steroid dienone is 1. The maximum atomic E-state index is 13.2. The van der Waals surface area contributed by atoms with Crippen molar-refractivity contribution in [2.45, 2.75) is 39.2 Å². The van der Waals surface area contributed by atoms with Gasteiger partial charge in [0.2, 0.25) is 0 Å². The summed E-state index contributed by atoms with van der Waals surface area (Å²) < 4.78 is 15.3. The number of fused-ring (bicyclic) bond motifs is 1. The maximum Gasteiger partial charge on any atom is 0.182 e. The van der Waals surface area contributed by atoms with Gasteiger partial charge in [-0.1, -0.05) is 13.0 Å². The number of pyridine rings is 1. The standard InChI is InChI=1S/C15H18FN5/c1-2-11(16)10-17-13-7-5-6-12(18-13)15-20-19-14-8-3-4-9-21(14)15/h5-7,10H,2-4,8-9H2,1H3,(H,17,18)/b11-10+. The van der Waals surface area contributed by atoms with Crippen molar-refractivity contribution in [1.82, 2.24) is 19.7 Å². The average Bonchev–Trinajstić information content (AvgIpc) is 2.97. The average molecular weight is 287 g/mol. The molecule has 0 atom stereocenters. The van der Waals surface area contributed by atoms with E-state index in [2.05, 4.69) is 25.1 Å². The minimum absolute atomic E-state index is 0.206. The second-order valence-electron chi connectivity index (χ2n) is 5.05. The SMILES string of the molecule is CC/C(F)=C\Nc1cccc(-c2nnc3n2CCCC3)n1. The van der Waals surface area contributed by atoms with Crippen LogP contribution >= 0.6 is 0 Å². The van der Waals surface area contributed by atoms with Crippen LogP contribution in [0.25, 0.3) is 11.5 Å². The highest BCUT2D eigenvalue weighted by Crippen LogP contribution is 2.22. The second kappa shape index (κ2) is 6.03. The van der Waals surface area contributed by atoms with Gasteiger partial charge in [0.25, 0.3) is 0 Å². The predicted octanol–water partition coefficient (Wildman–Crippen LogP) is 3.31. The van der Waals surface area contributed by atoms with Crippen molar-refractivity contribution in [3.8, 4) is 11.5 Å². The number of halogens is 1. The van der Waals surface area contributed by atoms with Gasteiger partial charge in [0.05, 0.1) is 0 Å². The van der Waals surface area contributed by atoms with Crippen LogP contribution in [-0.2, 0) is 13.0 Å². The molecule has 1 aliphatic heterocycles. The van der Waals surface area contributed by atoms with Gasteiger partial charge >= 0.3 is 0 Å². The topological polar surface area (TPSA) is 55.6 Å². The Morgan fingerprint density at radius 2 is 2.29 bits per heavy atom. The van der Waals surface area contributed by atoms with Crippen molar-refractivity contribution in [2.75, 3.05) is 5.32 Å². The molecule has 110 valence electrons. The van der Waals surface area contributed by atoms with E-state index in [1.54, 1.807) is 13.0 Å². The summed E-state index contributed by atoms with van der Waals surface area (Å²) in [5.41, 5.74) is 0.756.